The number of ether oxygens (including phenoxy) is 3. The maximum atomic E-state index is 11.7. The molecule has 1 unspecified atom stereocenters. The molecule has 1 rings (SSSR count). The van der Waals surface area contributed by atoms with Gasteiger partial charge in [0.25, 0.3) is 0 Å². The number of carbonyl (C=O) groups excluding carboxylic acids is 3. The normalized spacial score (nSPS) is 11.4. The second kappa shape index (κ2) is 8.04. The lowest BCUT2D eigenvalue weighted by atomic mass is 9.95. The average Bonchev–Trinajstić information content (AvgIpc) is 2.52. The smallest absolute Gasteiger partial charge is 0.337 e. The Morgan fingerprint density at radius 3 is 2.33 bits per heavy atom. The Morgan fingerprint density at radius 1 is 1.05 bits per heavy atom. The summed E-state index contributed by atoms with van der Waals surface area (Å²) in [5.74, 6) is -2.10. The number of esters is 3. The quantitative estimate of drug-likeness (QED) is 0.582. The van der Waals surface area contributed by atoms with Gasteiger partial charge in [0.05, 0.1) is 39.2 Å². The Balaban J connectivity index is 2.90. The van der Waals surface area contributed by atoms with E-state index in [0.29, 0.717) is 5.56 Å². The van der Waals surface area contributed by atoms with Gasteiger partial charge in [0, 0.05) is 0 Å². The molecule has 6 nitrogen and oxygen atoms in total. The second-order valence-corrected chi connectivity index (χ2v) is 4.40. The van der Waals surface area contributed by atoms with Crippen molar-refractivity contribution in [3.05, 3.63) is 35.4 Å². The first kappa shape index (κ1) is 16.7. The lowest BCUT2D eigenvalue weighted by molar-refractivity contribution is -0.151. The van der Waals surface area contributed by atoms with Gasteiger partial charge in [0.15, 0.2) is 0 Å². The molecule has 0 aliphatic carbocycles. The fourth-order valence-electron chi connectivity index (χ4n) is 1.92. The predicted molar refractivity (Wildman–Crippen MR) is 73.6 cm³/mol. The van der Waals surface area contributed by atoms with Crippen molar-refractivity contribution in [1.82, 2.24) is 0 Å². The van der Waals surface area contributed by atoms with Gasteiger partial charge in [0.2, 0.25) is 0 Å². The van der Waals surface area contributed by atoms with Crippen LogP contribution in [0, 0.1) is 5.92 Å². The van der Waals surface area contributed by atoms with E-state index in [1.54, 1.807) is 24.3 Å². The molecule has 0 bridgehead atoms. The minimum Gasteiger partial charge on any atom is -0.469 e. The van der Waals surface area contributed by atoms with Crippen LogP contribution in [0.25, 0.3) is 0 Å². The third-order valence-corrected chi connectivity index (χ3v) is 3.01. The van der Waals surface area contributed by atoms with E-state index in [9.17, 15) is 14.4 Å². The van der Waals surface area contributed by atoms with Crippen LogP contribution in [0.1, 0.15) is 22.3 Å². The van der Waals surface area contributed by atoms with E-state index < -0.39 is 23.8 Å². The van der Waals surface area contributed by atoms with Crippen LogP contribution in [0.15, 0.2) is 24.3 Å². The molecule has 0 saturated carbocycles. The minimum atomic E-state index is -0.657. The number of rotatable bonds is 6. The van der Waals surface area contributed by atoms with E-state index in [1.165, 1.54) is 21.3 Å². The van der Waals surface area contributed by atoms with Gasteiger partial charge in [-0.15, -0.1) is 0 Å². The zero-order chi connectivity index (χ0) is 15.8. The van der Waals surface area contributed by atoms with Crippen molar-refractivity contribution >= 4 is 17.9 Å². The summed E-state index contributed by atoms with van der Waals surface area (Å²) in [6.45, 7) is 0. The van der Waals surface area contributed by atoms with Crippen molar-refractivity contribution < 1.29 is 28.6 Å². The minimum absolute atomic E-state index is 0.0778. The average molecular weight is 294 g/mol. The van der Waals surface area contributed by atoms with E-state index in [0.717, 1.165) is 5.56 Å². The van der Waals surface area contributed by atoms with Gasteiger partial charge in [0.1, 0.15) is 0 Å². The van der Waals surface area contributed by atoms with E-state index in [4.69, 9.17) is 4.74 Å². The first-order chi connectivity index (χ1) is 10.0. The lowest BCUT2D eigenvalue weighted by Crippen LogP contribution is -2.22. The van der Waals surface area contributed by atoms with Crippen molar-refractivity contribution in [3.63, 3.8) is 0 Å². The highest BCUT2D eigenvalue weighted by atomic mass is 16.5. The summed E-state index contributed by atoms with van der Waals surface area (Å²) >= 11 is 0. The molecule has 0 N–H and O–H groups in total. The molecule has 1 atom stereocenters. The Hall–Kier alpha value is -2.37. The van der Waals surface area contributed by atoms with Crippen LogP contribution in [0.3, 0.4) is 0 Å². The van der Waals surface area contributed by atoms with Crippen molar-refractivity contribution in [2.45, 2.75) is 12.8 Å². The highest BCUT2D eigenvalue weighted by molar-refractivity contribution is 5.89. The summed E-state index contributed by atoms with van der Waals surface area (Å²) in [6, 6.07) is 6.69. The van der Waals surface area contributed by atoms with Gasteiger partial charge in [-0.05, 0) is 24.1 Å². The first-order valence-electron chi connectivity index (χ1n) is 6.33. The van der Waals surface area contributed by atoms with E-state index in [2.05, 4.69) is 9.47 Å². The second-order valence-electron chi connectivity index (χ2n) is 4.40. The maximum absolute atomic E-state index is 11.7. The molecule has 0 radical (unpaired) electrons. The molecule has 21 heavy (non-hydrogen) atoms. The van der Waals surface area contributed by atoms with Crippen LogP contribution in [0.5, 0.6) is 0 Å². The van der Waals surface area contributed by atoms with Crippen molar-refractivity contribution in [3.8, 4) is 0 Å². The Kier molecular flexibility index (Phi) is 6.39. The molecule has 0 fully saturated rings. The van der Waals surface area contributed by atoms with Gasteiger partial charge < -0.3 is 14.2 Å². The molecule has 0 spiro atoms. The fraction of sp³-hybridized carbons (Fsp3) is 0.400. The number of benzene rings is 1. The molecule has 0 aliphatic heterocycles. The van der Waals surface area contributed by atoms with Crippen LogP contribution in [0.4, 0.5) is 0 Å². The van der Waals surface area contributed by atoms with Crippen LogP contribution < -0.4 is 0 Å². The van der Waals surface area contributed by atoms with Crippen LogP contribution >= 0.6 is 0 Å². The third-order valence-electron chi connectivity index (χ3n) is 3.01. The zero-order valence-corrected chi connectivity index (χ0v) is 12.3. The number of methoxy groups -OCH3 is 3. The highest BCUT2D eigenvalue weighted by Gasteiger charge is 2.24. The standard InChI is InChI=1S/C15H18O6/c1-19-13(16)9-12(15(18)21-3)8-10-5-4-6-11(7-10)14(17)20-2/h4-7,12H,8-9H2,1-3H3. The van der Waals surface area contributed by atoms with Crippen LogP contribution in [-0.2, 0) is 30.2 Å². The van der Waals surface area contributed by atoms with Gasteiger partial charge in [-0.3, -0.25) is 9.59 Å². The molecule has 0 aliphatic rings. The molecule has 114 valence electrons. The largest absolute Gasteiger partial charge is 0.469 e. The zero-order valence-electron chi connectivity index (χ0n) is 12.3. The topological polar surface area (TPSA) is 78.9 Å². The van der Waals surface area contributed by atoms with Crippen molar-refractivity contribution in [2.75, 3.05) is 21.3 Å². The van der Waals surface area contributed by atoms with E-state index >= 15 is 0 Å². The summed E-state index contributed by atoms with van der Waals surface area (Å²) in [7, 11) is 3.82. The summed E-state index contributed by atoms with van der Waals surface area (Å²) in [6.07, 6.45) is 0.193. The molecule has 1 aromatic carbocycles. The Labute approximate surface area is 123 Å². The molecule has 1 aromatic rings. The predicted octanol–water partition coefficient (Wildman–Crippen LogP) is 1.37. The summed E-state index contributed by atoms with van der Waals surface area (Å²) in [4.78, 5) is 34.5. The van der Waals surface area contributed by atoms with Crippen LogP contribution in [0.2, 0.25) is 0 Å². The number of carbonyl (C=O) groups is 3. The highest BCUT2D eigenvalue weighted by Crippen LogP contribution is 2.16. The molecule has 0 heterocycles. The fourth-order valence-corrected chi connectivity index (χ4v) is 1.92. The summed E-state index contributed by atoms with van der Waals surface area (Å²) < 4.78 is 13.9. The molecule has 0 amide bonds. The van der Waals surface area contributed by atoms with E-state index in [-0.39, 0.29) is 12.8 Å². The van der Waals surface area contributed by atoms with Crippen LogP contribution in [-0.4, -0.2) is 39.2 Å². The van der Waals surface area contributed by atoms with E-state index in [1.807, 2.05) is 0 Å². The summed E-state index contributed by atoms with van der Waals surface area (Å²) in [5, 5.41) is 0. The Morgan fingerprint density at radius 2 is 1.76 bits per heavy atom. The van der Waals surface area contributed by atoms with Gasteiger partial charge in [-0.1, -0.05) is 12.1 Å². The SMILES string of the molecule is COC(=O)CC(Cc1cccc(C(=O)OC)c1)C(=O)OC. The third kappa shape index (κ3) is 4.91. The number of hydrogen-bond acceptors (Lipinski definition) is 6. The Bertz CT molecular complexity index is 523. The van der Waals surface area contributed by atoms with Gasteiger partial charge >= 0.3 is 17.9 Å². The monoisotopic (exact) mass is 294 g/mol. The van der Waals surface area contributed by atoms with Crippen molar-refractivity contribution in [2.24, 2.45) is 5.92 Å². The van der Waals surface area contributed by atoms with Gasteiger partial charge in [-0.25, -0.2) is 4.79 Å². The summed E-state index contributed by atoms with van der Waals surface area (Å²) in [5.41, 5.74) is 1.12. The van der Waals surface area contributed by atoms with Gasteiger partial charge in [-0.2, -0.15) is 0 Å². The first-order valence-corrected chi connectivity index (χ1v) is 6.33. The number of hydrogen-bond donors (Lipinski definition) is 0. The molecule has 0 saturated heterocycles. The molecular formula is C15H18O6. The maximum Gasteiger partial charge on any atom is 0.337 e. The molecule has 0 aromatic heterocycles. The molecule has 6 heteroatoms. The lowest BCUT2D eigenvalue weighted by Gasteiger charge is -2.13. The molecular weight excluding hydrogens is 276 g/mol. The van der Waals surface area contributed by atoms with Crippen molar-refractivity contribution in [1.29, 1.82) is 0 Å².